The summed E-state index contributed by atoms with van der Waals surface area (Å²) >= 11 is 0. The van der Waals surface area contributed by atoms with Gasteiger partial charge in [0.1, 0.15) is 5.82 Å². The Balaban J connectivity index is 3.19. The molecule has 54 valence electrons. The van der Waals surface area contributed by atoms with Crippen molar-refractivity contribution in [2.75, 3.05) is 5.43 Å². The van der Waals surface area contributed by atoms with Gasteiger partial charge < -0.3 is 5.43 Å². The molecule has 0 aliphatic carbocycles. The van der Waals surface area contributed by atoms with E-state index in [1.54, 1.807) is 6.07 Å². The van der Waals surface area contributed by atoms with Crippen LogP contribution in [0.4, 0.5) is 5.82 Å². The zero-order valence-electron chi connectivity index (χ0n) is 5.09. The number of nitrogens with one attached hydrogen (secondary N) is 2. The molecule has 10 heavy (non-hydrogen) atoms. The lowest BCUT2D eigenvalue weighted by Crippen LogP contribution is -2.22. The summed E-state index contributed by atoms with van der Waals surface area (Å²) in [5, 5.41) is 0. The van der Waals surface area contributed by atoms with Crippen LogP contribution >= 0.6 is 9.24 Å². The second kappa shape index (κ2) is 2.77. The second-order valence-corrected chi connectivity index (χ2v) is 2.26. The zero-order valence-corrected chi connectivity index (χ0v) is 6.24. The lowest BCUT2D eigenvalue weighted by atomic mass is 10.6. The first kappa shape index (κ1) is 7.18. The van der Waals surface area contributed by atoms with E-state index >= 15 is 0 Å². The molecule has 1 atom stereocenters. The van der Waals surface area contributed by atoms with Crippen molar-refractivity contribution in [3.63, 3.8) is 0 Å². The molecule has 5 nitrogen and oxygen atoms in total. The number of hydrogen-bond acceptors (Lipinski definition) is 4. The van der Waals surface area contributed by atoms with Crippen LogP contribution < -0.4 is 22.4 Å². The molecule has 0 amide bonds. The van der Waals surface area contributed by atoms with Crippen LogP contribution in [0.5, 0.6) is 0 Å². The van der Waals surface area contributed by atoms with Crippen LogP contribution in [0.1, 0.15) is 0 Å². The van der Waals surface area contributed by atoms with Gasteiger partial charge in [0.2, 0.25) is 0 Å². The van der Waals surface area contributed by atoms with E-state index in [2.05, 4.69) is 24.6 Å². The molecular weight excluding hydrogens is 151 g/mol. The molecule has 1 unspecified atom stereocenters. The van der Waals surface area contributed by atoms with Crippen molar-refractivity contribution < 1.29 is 0 Å². The maximum absolute atomic E-state index is 10.6. The highest BCUT2D eigenvalue weighted by Gasteiger charge is 1.92. The maximum atomic E-state index is 10.6. The predicted octanol–water partition coefficient (Wildman–Crippen LogP) is -1.44. The fraction of sp³-hybridized carbons (Fsp3) is 0. The number of H-pyrrole nitrogens is 1. The maximum Gasteiger partial charge on any atom is 0.347 e. The number of hydrogen-bond donors (Lipinski definition) is 3. The van der Waals surface area contributed by atoms with Gasteiger partial charge in [-0.25, -0.2) is 10.6 Å². The molecule has 0 fully saturated rings. The molecule has 0 saturated heterocycles. The van der Waals surface area contributed by atoms with Gasteiger partial charge in [0.15, 0.2) is 0 Å². The topological polar surface area (TPSA) is 83.8 Å². The molecular formula is C4H7N4OP. The van der Waals surface area contributed by atoms with E-state index in [4.69, 9.17) is 5.84 Å². The second-order valence-electron chi connectivity index (χ2n) is 1.67. The predicted molar refractivity (Wildman–Crippen MR) is 42.0 cm³/mol. The molecule has 4 N–H and O–H groups in total. The Kier molecular flexibility index (Phi) is 1.99. The summed E-state index contributed by atoms with van der Waals surface area (Å²) in [6, 6.07) is 1.60. The Hall–Kier alpha value is -0.930. The average Bonchev–Trinajstić information content (AvgIpc) is 1.85. The quantitative estimate of drug-likeness (QED) is 0.265. The fourth-order valence-electron chi connectivity index (χ4n) is 0.554. The van der Waals surface area contributed by atoms with E-state index in [1.807, 2.05) is 0 Å². The minimum atomic E-state index is -0.416. The molecule has 1 aromatic rings. The minimum Gasteiger partial charge on any atom is -0.310 e. The Morgan fingerprint density at radius 3 is 3.00 bits per heavy atom. The largest absolute Gasteiger partial charge is 0.347 e. The first-order chi connectivity index (χ1) is 4.72. The number of nitrogens with two attached hydrogens (primary N) is 1. The standard InChI is InChI=1S/C4H7N4OP/c5-8-2-1-3(10)7-4(9)6-2/h1H,5,10H2,(H2,6,7,8,9). The molecule has 0 aliphatic heterocycles. The number of hydrazine groups is 1. The third-order valence-corrected chi connectivity index (χ3v) is 1.22. The number of nitrogens with zero attached hydrogens (tertiary/aromatic N) is 1. The molecule has 0 aliphatic rings. The number of aromatic nitrogens is 2. The van der Waals surface area contributed by atoms with E-state index in [9.17, 15) is 4.79 Å². The van der Waals surface area contributed by atoms with Gasteiger partial charge in [-0.3, -0.25) is 4.98 Å². The number of anilines is 1. The Morgan fingerprint density at radius 2 is 2.50 bits per heavy atom. The molecule has 0 spiro atoms. The third kappa shape index (κ3) is 1.52. The molecule has 0 radical (unpaired) electrons. The number of aromatic amines is 1. The molecule has 6 heteroatoms. The SMILES string of the molecule is NNc1cc(P)nc(=O)[nH]1. The van der Waals surface area contributed by atoms with Crippen molar-refractivity contribution in [2.24, 2.45) is 5.84 Å². The summed E-state index contributed by atoms with van der Waals surface area (Å²) < 4.78 is 0. The Labute approximate surface area is 59.2 Å². The van der Waals surface area contributed by atoms with Crippen LogP contribution in [0.25, 0.3) is 0 Å². The molecule has 1 heterocycles. The van der Waals surface area contributed by atoms with Crippen LogP contribution in [-0.2, 0) is 0 Å². The smallest absolute Gasteiger partial charge is 0.310 e. The van der Waals surface area contributed by atoms with Gasteiger partial charge in [0, 0.05) is 6.07 Å². The van der Waals surface area contributed by atoms with E-state index in [0.29, 0.717) is 11.3 Å². The number of nitrogen functional groups attached to an aromatic ring is 1. The molecule has 1 rings (SSSR count). The summed E-state index contributed by atoms with van der Waals surface area (Å²) in [6.07, 6.45) is 0. The van der Waals surface area contributed by atoms with Gasteiger partial charge >= 0.3 is 5.69 Å². The van der Waals surface area contributed by atoms with Crippen molar-refractivity contribution in [1.82, 2.24) is 9.97 Å². The van der Waals surface area contributed by atoms with E-state index in [-0.39, 0.29) is 0 Å². The van der Waals surface area contributed by atoms with Gasteiger partial charge in [-0.05, 0) is 0 Å². The van der Waals surface area contributed by atoms with E-state index in [1.165, 1.54) is 0 Å². The molecule has 1 aromatic heterocycles. The third-order valence-electron chi connectivity index (χ3n) is 0.920. The van der Waals surface area contributed by atoms with Crippen LogP contribution in [0.15, 0.2) is 10.9 Å². The fourth-order valence-corrected chi connectivity index (χ4v) is 0.838. The normalized spacial score (nSPS) is 9.40. The minimum absolute atomic E-state index is 0.416. The average molecular weight is 158 g/mol. The summed E-state index contributed by atoms with van der Waals surface area (Å²) in [5.74, 6) is 5.48. The lowest BCUT2D eigenvalue weighted by molar-refractivity contribution is 1.09. The monoisotopic (exact) mass is 158 g/mol. The van der Waals surface area contributed by atoms with Crippen molar-refractivity contribution >= 4 is 20.5 Å². The summed E-state index contributed by atoms with van der Waals surface area (Å²) in [5.41, 5.74) is 2.44. The summed E-state index contributed by atoms with van der Waals surface area (Å²) in [6.45, 7) is 0. The molecule has 0 aromatic carbocycles. The number of rotatable bonds is 1. The Bertz CT molecular complexity index is 283. The summed E-state index contributed by atoms with van der Waals surface area (Å²) in [7, 11) is 2.30. The first-order valence-corrected chi connectivity index (χ1v) is 3.13. The highest BCUT2D eigenvalue weighted by atomic mass is 31.0. The van der Waals surface area contributed by atoms with Gasteiger partial charge in [-0.15, -0.1) is 0 Å². The Morgan fingerprint density at radius 1 is 1.80 bits per heavy atom. The molecule has 0 saturated carbocycles. The van der Waals surface area contributed by atoms with Gasteiger partial charge in [-0.1, -0.05) is 9.24 Å². The van der Waals surface area contributed by atoms with Crippen molar-refractivity contribution in [3.05, 3.63) is 16.6 Å². The molecule has 0 bridgehead atoms. The van der Waals surface area contributed by atoms with Crippen LogP contribution in [0.2, 0.25) is 0 Å². The van der Waals surface area contributed by atoms with Gasteiger partial charge in [0.05, 0.1) is 5.44 Å². The zero-order chi connectivity index (χ0) is 7.56. The van der Waals surface area contributed by atoms with Crippen LogP contribution in [0, 0.1) is 0 Å². The van der Waals surface area contributed by atoms with Crippen molar-refractivity contribution in [3.8, 4) is 0 Å². The highest BCUT2D eigenvalue weighted by molar-refractivity contribution is 7.26. The van der Waals surface area contributed by atoms with Gasteiger partial charge in [-0.2, -0.15) is 4.98 Å². The van der Waals surface area contributed by atoms with Gasteiger partial charge in [0.25, 0.3) is 0 Å². The van der Waals surface area contributed by atoms with Crippen LogP contribution in [0.3, 0.4) is 0 Å². The first-order valence-electron chi connectivity index (χ1n) is 2.56. The highest BCUT2D eigenvalue weighted by Crippen LogP contribution is 1.91. The summed E-state index contributed by atoms with van der Waals surface area (Å²) in [4.78, 5) is 16.5. The van der Waals surface area contributed by atoms with E-state index in [0.717, 1.165) is 0 Å². The van der Waals surface area contributed by atoms with E-state index < -0.39 is 5.69 Å². The van der Waals surface area contributed by atoms with Crippen LogP contribution in [-0.4, -0.2) is 9.97 Å². The van der Waals surface area contributed by atoms with Crippen molar-refractivity contribution in [1.29, 1.82) is 0 Å². The lowest BCUT2D eigenvalue weighted by Gasteiger charge is -1.97. The van der Waals surface area contributed by atoms with Crippen molar-refractivity contribution in [2.45, 2.75) is 0 Å².